The molecule has 1 aromatic carbocycles. The summed E-state index contributed by atoms with van der Waals surface area (Å²) in [7, 11) is 1.59. The Balaban J connectivity index is 2.00. The number of carbonyl (C=O) groups is 2. The molecule has 26 heavy (non-hydrogen) atoms. The van der Waals surface area contributed by atoms with E-state index in [-0.39, 0.29) is 12.0 Å². The fourth-order valence-electron chi connectivity index (χ4n) is 2.92. The van der Waals surface area contributed by atoms with Crippen molar-refractivity contribution in [1.82, 2.24) is 15.1 Å². The normalized spacial score (nSPS) is 16.2. The van der Waals surface area contributed by atoms with Crippen LogP contribution in [0, 0.1) is 0 Å². The van der Waals surface area contributed by atoms with Crippen LogP contribution in [0.15, 0.2) is 24.3 Å². The molecule has 0 radical (unpaired) electrons. The summed E-state index contributed by atoms with van der Waals surface area (Å²) in [5.74, 6) is -0.284. The first-order valence-corrected chi connectivity index (χ1v) is 9.12. The van der Waals surface area contributed by atoms with Gasteiger partial charge in [0.1, 0.15) is 6.04 Å². The molecule has 0 bridgehead atoms. The van der Waals surface area contributed by atoms with Crippen molar-refractivity contribution in [3.05, 3.63) is 34.9 Å². The van der Waals surface area contributed by atoms with Gasteiger partial charge in [-0.15, -0.1) is 0 Å². The topological polar surface area (TPSA) is 71.1 Å². The third-order valence-electron chi connectivity index (χ3n) is 4.24. The Hall–Kier alpha value is -1.83. The van der Waals surface area contributed by atoms with E-state index in [0.29, 0.717) is 51.0 Å². The van der Waals surface area contributed by atoms with Crippen LogP contribution in [0.4, 0.5) is 4.79 Å². The zero-order valence-electron chi connectivity index (χ0n) is 15.2. The molecule has 1 aliphatic heterocycles. The number of methoxy groups -OCH3 is 1. The lowest BCUT2D eigenvalue weighted by Crippen LogP contribution is -2.53. The smallest absolute Gasteiger partial charge is 0.328 e. The molecule has 1 aliphatic rings. The van der Waals surface area contributed by atoms with Crippen LogP contribution in [-0.2, 0) is 14.3 Å². The number of hydrogen-bond acceptors (Lipinski definition) is 5. The third kappa shape index (κ3) is 5.59. The number of ether oxygens (including phenoxy) is 2. The third-order valence-corrected chi connectivity index (χ3v) is 4.50. The molecule has 0 aliphatic carbocycles. The minimum absolute atomic E-state index is 0.110. The first-order chi connectivity index (χ1) is 12.6. The summed E-state index contributed by atoms with van der Waals surface area (Å²) < 4.78 is 10.2. The first kappa shape index (κ1) is 20.5. The fraction of sp³-hybridized carbons (Fsp3) is 0.556. The van der Waals surface area contributed by atoms with Crippen LogP contribution in [0.25, 0.3) is 0 Å². The number of piperazine rings is 1. The molecule has 0 aromatic heterocycles. The van der Waals surface area contributed by atoms with Crippen molar-refractivity contribution in [2.24, 2.45) is 0 Å². The number of urea groups is 1. The Morgan fingerprint density at radius 2 is 1.85 bits per heavy atom. The standard InChI is InChI=1S/C18H26ClN3O4/c1-3-26-17(23)16(14-4-6-15(19)7-5-14)21-9-11-22(12-10-21)18(24)20-8-13-25-2/h4-7,16H,3,8-13H2,1-2H3,(H,20,24)/t16-/m0/s1. The number of nitrogens with one attached hydrogen (secondary N) is 1. The van der Waals surface area contributed by atoms with E-state index in [2.05, 4.69) is 5.32 Å². The van der Waals surface area contributed by atoms with Gasteiger partial charge >= 0.3 is 12.0 Å². The maximum atomic E-state index is 12.5. The Morgan fingerprint density at radius 3 is 2.42 bits per heavy atom. The van der Waals surface area contributed by atoms with Gasteiger partial charge < -0.3 is 19.7 Å². The lowest BCUT2D eigenvalue weighted by Gasteiger charge is -2.38. The molecule has 8 heteroatoms. The van der Waals surface area contributed by atoms with Crippen LogP contribution in [0.3, 0.4) is 0 Å². The predicted molar refractivity (Wildman–Crippen MR) is 99.2 cm³/mol. The van der Waals surface area contributed by atoms with Gasteiger partial charge in [-0.3, -0.25) is 4.90 Å². The lowest BCUT2D eigenvalue weighted by molar-refractivity contribution is -0.150. The van der Waals surface area contributed by atoms with Crippen molar-refractivity contribution in [2.45, 2.75) is 13.0 Å². The van der Waals surface area contributed by atoms with Crippen LogP contribution < -0.4 is 5.32 Å². The molecule has 1 fully saturated rings. The van der Waals surface area contributed by atoms with E-state index in [1.54, 1.807) is 31.1 Å². The summed E-state index contributed by atoms with van der Waals surface area (Å²) in [4.78, 5) is 28.4. The SMILES string of the molecule is CCOC(=O)[C@H](c1ccc(Cl)cc1)N1CCN(C(=O)NCCOC)CC1. The van der Waals surface area contributed by atoms with E-state index in [0.717, 1.165) is 5.56 Å². The molecular weight excluding hydrogens is 358 g/mol. The zero-order chi connectivity index (χ0) is 18.9. The van der Waals surface area contributed by atoms with E-state index in [4.69, 9.17) is 21.1 Å². The van der Waals surface area contributed by atoms with Crippen LogP contribution in [-0.4, -0.2) is 74.8 Å². The molecule has 1 aromatic rings. The maximum absolute atomic E-state index is 12.5. The summed E-state index contributed by atoms with van der Waals surface area (Å²) in [6, 6.07) is 6.61. The number of halogens is 1. The van der Waals surface area contributed by atoms with Crippen LogP contribution in [0.5, 0.6) is 0 Å². The highest BCUT2D eigenvalue weighted by molar-refractivity contribution is 6.30. The lowest BCUT2D eigenvalue weighted by atomic mass is 10.0. The molecular formula is C18H26ClN3O4. The predicted octanol–water partition coefficient (Wildman–Crippen LogP) is 1.92. The minimum Gasteiger partial charge on any atom is -0.465 e. The van der Waals surface area contributed by atoms with Gasteiger partial charge in [0.15, 0.2) is 0 Å². The van der Waals surface area contributed by atoms with Gasteiger partial charge in [0, 0.05) is 44.9 Å². The van der Waals surface area contributed by atoms with Crippen molar-refractivity contribution in [1.29, 1.82) is 0 Å². The second-order valence-corrected chi connectivity index (χ2v) is 6.39. The largest absolute Gasteiger partial charge is 0.465 e. The van der Waals surface area contributed by atoms with Crippen molar-refractivity contribution in [3.63, 3.8) is 0 Å². The molecule has 1 atom stereocenters. The van der Waals surface area contributed by atoms with Gasteiger partial charge in [0.05, 0.1) is 13.2 Å². The second-order valence-electron chi connectivity index (χ2n) is 5.95. The molecule has 1 saturated heterocycles. The number of rotatable bonds is 7. The summed E-state index contributed by atoms with van der Waals surface area (Å²) in [6.45, 7) is 5.33. The summed E-state index contributed by atoms with van der Waals surface area (Å²) in [6.07, 6.45) is 0. The van der Waals surface area contributed by atoms with Crippen LogP contribution in [0.2, 0.25) is 5.02 Å². The molecule has 144 valence electrons. The number of carbonyl (C=O) groups excluding carboxylic acids is 2. The highest BCUT2D eigenvalue weighted by atomic mass is 35.5. The maximum Gasteiger partial charge on any atom is 0.328 e. The number of hydrogen-bond donors (Lipinski definition) is 1. The highest BCUT2D eigenvalue weighted by Gasteiger charge is 2.32. The fourth-order valence-corrected chi connectivity index (χ4v) is 3.04. The van der Waals surface area contributed by atoms with Gasteiger partial charge in [-0.05, 0) is 24.6 Å². The van der Waals surface area contributed by atoms with E-state index < -0.39 is 6.04 Å². The van der Waals surface area contributed by atoms with Gasteiger partial charge in [0.2, 0.25) is 0 Å². The summed E-state index contributed by atoms with van der Waals surface area (Å²) in [5.41, 5.74) is 0.839. The van der Waals surface area contributed by atoms with E-state index in [1.165, 1.54) is 0 Å². The van der Waals surface area contributed by atoms with Crippen molar-refractivity contribution in [3.8, 4) is 0 Å². The second kappa shape index (κ2) is 10.4. The van der Waals surface area contributed by atoms with Crippen molar-refractivity contribution < 1.29 is 19.1 Å². The Labute approximate surface area is 159 Å². The Kier molecular flexibility index (Phi) is 8.15. The minimum atomic E-state index is -0.495. The number of benzene rings is 1. The average molecular weight is 384 g/mol. The molecule has 1 heterocycles. The van der Waals surface area contributed by atoms with Crippen molar-refractivity contribution >= 4 is 23.6 Å². The summed E-state index contributed by atoms with van der Waals surface area (Å²) in [5, 5.41) is 3.43. The Morgan fingerprint density at radius 1 is 1.19 bits per heavy atom. The van der Waals surface area contributed by atoms with Crippen LogP contribution >= 0.6 is 11.6 Å². The number of esters is 1. The Bertz CT molecular complexity index is 589. The first-order valence-electron chi connectivity index (χ1n) is 8.74. The molecule has 7 nitrogen and oxygen atoms in total. The van der Waals surface area contributed by atoms with Gasteiger partial charge in [-0.2, -0.15) is 0 Å². The van der Waals surface area contributed by atoms with E-state index in [9.17, 15) is 9.59 Å². The number of amides is 2. The zero-order valence-corrected chi connectivity index (χ0v) is 16.0. The summed E-state index contributed by atoms with van der Waals surface area (Å²) >= 11 is 5.96. The van der Waals surface area contributed by atoms with Gasteiger partial charge in [-0.25, -0.2) is 9.59 Å². The van der Waals surface area contributed by atoms with Crippen molar-refractivity contribution in [2.75, 3.05) is 53.0 Å². The van der Waals surface area contributed by atoms with Gasteiger partial charge in [-0.1, -0.05) is 23.7 Å². The molecule has 2 amide bonds. The molecule has 0 spiro atoms. The molecule has 0 saturated carbocycles. The quantitative estimate of drug-likeness (QED) is 0.575. The number of nitrogens with zero attached hydrogens (tertiary/aromatic N) is 2. The highest BCUT2D eigenvalue weighted by Crippen LogP contribution is 2.25. The molecule has 0 unspecified atom stereocenters. The average Bonchev–Trinajstić information content (AvgIpc) is 2.64. The van der Waals surface area contributed by atoms with E-state index >= 15 is 0 Å². The monoisotopic (exact) mass is 383 g/mol. The molecule has 1 N–H and O–H groups in total. The van der Waals surface area contributed by atoms with Crippen LogP contribution in [0.1, 0.15) is 18.5 Å². The van der Waals surface area contributed by atoms with Gasteiger partial charge in [0.25, 0.3) is 0 Å². The molecule has 2 rings (SSSR count). The van der Waals surface area contributed by atoms with E-state index in [1.807, 2.05) is 17.0 Å².